The Labute approximate surface area is 158 Å². The molecule has 7 nitrogen and oxygen atoms in total. The van der Waals surface area contributed by atoms with Crippen molar-refractivity contribution in [3.63, 3.8) is 0 Å². The van der Waals surface area contributed by atoms with E-state index in [0.717, 1.165) is 42.2 Å². The summed E-state index contributed by atoms with van der Waals surface area (Å²) >= 11 is 0. The second kappa shape index (κ2) is 8.14. The number of benzene rings is 1. The van der Waals surface area contributed by atoms with E-state index >= 15 is 0 Å². The van der Waals surface area contributed by atoms with Crippen LogP contribution in [0, 0.1) is 11.3 Å². The molecule has 2 N–H and O–H groups in total. The molecule has 138 valence electrons. The Morgan fingerprint density at radius 3 is 2.67 bits per heavy atom. The first kappa shape index (κ1) is 17.4. The van der Waals surface area contributed by atoms with Crippen LogP contribution >= 0.6 is 0 Å². The molecule has 0 radical (unpaired) electrons. The van der Waals surface area contributed by atoms with E-state index < -0.39 is 0 Å². The minimum atomic E-state index is 0.520. The first-order chi connectivity index (χ1) is 13.3. The molecule has 0 amide bonds. The van der Waals surface area contributed by atoms with Gasteiger partial charge in [-0.15, -0.1) is 0 Å². The lowest BCUT2D eigenvalue weighted by Gasteiger charge is -2.12. The van der Waals surface area contributed by atoms with Crippen LogP contribution in [0.15, 0.2) is 36.9 Å². The molecular formula is C20H23N7. The van der Waals surface area contributed by atoms with E-state index in [9.17, 15) is 0 Å². The molecule has 0 spiro atoms. The number of imidazole rings is 1. The predicted octanol–water partition coefficient (Wildman–Crippen LogP) is 3.01. The van der Waals surface area contributed by atoms with Gasteiger partial charge in [-0.3, -0.25) is 0 Å². The third-order valence-corrected chi connectivity index (χ3v) is 5.08. The molecule has 1 fully saturated rings. The van der Waals surface area contributed by atoms with Crippen molar-refractivity contribution in [1.82, 2.24) is 24.8 Å². The normalized spacial score (nSPS) is 14.5. The average Bonchev–Trinajstić information content (AvgIpc) is 3.38. The van der Waals surface area contributed by atoms with Crippen LogP contribution in [-0.4, -0.2) is 32.6 Å². The third kappa shape index (κ3) is 3.91. The van der Waals surface area contributed by atoms with Crippen molar-refractivity contribution in [3.8, 4) is 6.07 Å². The smallest absolute Gasteiger partial charge is 0.165 e. The highest BCUT2D eigenvalue weighted by molar-refractivity contribution is 5.82. The van der Waals surface area contributed by atoms with Crippen molar-refractivity contribution >= 4 is 17.0 Å². The number of nitrogens with one attached hydrogen (secondary N) is 2. The summed E-state index contributed by atoms with van der Waals surface area (Å²) in [6.45, 7) is 2.32. The van der Waals surface area contributed by atoms with E-state index in [0.29, 0.717) is 11.6 Å². The van der Waals surface area contributed by atoms with Crippen molar-refractivity contribution in [2.75, 3.05) is 18.4 Å². The molecule has 2 aromatic heterocycles. The molecule has 1 saturated carbocycles. The van der Waals surface area contributed by atoms with Crippen LogP contribution in [0.25, 0.3) is 11.2 Å². The van der Waals surface area contributed by atoms with Gasteiger partial charge >= 0.3 is 0 Å². The number of nitriles is 1. The summed E-state index contributed by atoms with van der Waals surface area (Å²) in [5, 5.41) is 15.6. The van der Waals surface area contributed by atoms with Gasteiger partial charge < -0.3 is 15.2 Å². The van der Waals surface area contributed by atoms with E-state index in [1.807, 2.05) is 30.6 Å². The van der Waals surface area contributed by atoms with Gasteiger partial charge in [-0.2, -0.15) is 5.26 Å². The number of hydrogen-bond acceptors (Lipinski definition) is 6. The van der Waals surface area contributed by atoms with Gasteiger partial charge in [-0.1, -0.05) is 25.0 Å². The molecular weight excluding hydrogens is 338 g/mol. The number of hydrogen-bond donors (Lipinski definition) is 2. The number of aromatic nitrogens is 4. The average molecular weight is 361 g/mol. The molecule has 1 aromatic carbocycles. The maximum Gasteiger partial charge on any atom is 0.165 e. The lowest BCUT2D eigenvalue weighted by Crippen LogP contribution is -2.22. The molecule has 0 saturated heterocycles. The standard InChI is InChI=1S/C20H23N7/c21-11-15-5-7-16(8-6-15)12-22-9-10-23-19-18-20(25-13-24-19)27(14-26-18)17-3-1-2-4-17/h5-8,13-14,17,22H,1-4,9-10,12H2,(H,23,24,25). The van der Waals surface area contributed by atoms with E-state index in [1.54, 1.807) is 6.33 Å². The van der Waals surface area contributed by atoms with Gasteiger partial charge in [0.25, 0.3) is 0 Å². The number of fused-ring (bicyclic) bond motifs is 1. The Hall–Kier alpha value is -2.98. The summed E-state index contributed by atoms with van der Waals surface area (Å²) in [6.07, 6.45) is 8.50. The fourth-order valence-corrected chi connectivity index (χ4v) is 3.63. The van der Waals surface area contributed by atoms with Crippen LogP contribution in [-0.2, 0) is 6.54 Å². The topological polar surface area (TPSA) is 91.4 Å². The summed E-state index contributed by atoms with van der Waals surface area (Å²) in [7, 11) is 0. The highest BCUT2D eigenvalue weighted by Gasteiger charge is 2.20. The molecule has 4 rings (SSSR count). The van der Waals surface area contributed by atoms with Gasteiger partial charge in [-0.25, -0.2) is 15.0 Å². The van der Waals surface area contributed by atoms with Crippen LogP contribution in [0.2, 0.25) is 0 Å². The van der Waals surface area contributed by atoms with Gasteiger partial charge in [0.1, 0.15) is 11.8 Å². The van der Waals surface area contributed by atoms with Gasteiger partial charge in [-0.05, 0) is 30.5 Å². The Kier molecular flexibility index (Phi) is 5.26. The van der Waals surface area contributed by atoms with Crippen LogP contribution < -0.4 is 10.6 Å². The first-order valence-corrected chi connectivity index (χ1v) is 9.46. The lowest BCUT2D eigenvalue weighted by molar-refractivity contribution is 0.529. The Balaban J connectivity index is 1.31. The van der Waals surface area contributed by atoms with Crippen LogP contribution in [0.5, 0.6) is 0 Å². The fourth-order valence-electron chi connectivity index (χ4n) is 3.63. The van der Waals surface area contributed by atoms with Gasteiger partial charge in [0.15, 0.2) is 11.5 Å². The second-order valence-corrected chi connectivity index (χ2v) is 6.90. The zero-order chi connectivity index (χ0) is 18.5. The molecule has 7 heteroatoms. The summed E-state index contributed by atoms with van der Waals surface area (Å²) in [6, 6.07) is 10.3. The van der Waals surface area contributed by atoms with Crippen LogP contribution in [0.4, 0.5) is 5.82 Å². The Morgan fingerprint density at radius 1 is 1.07 bits per heavy atom. The van der Waals surface area contributed by atoms with Gasteiger partial charge in [0.05, 0.1) is 18.0 Å². The highest BCUT2D eigenvalue weighted by Crippen LogP contribution is 2.32. The monoisotopic (exact) mass is 361 g/mol. The predicted molar refractivity (Wildman–Crippen MR) is 104 cm³/mol. The summed E-state index contributed by atoms with van der Waals surface area (Å²) < 4.78 is 2.21. The first-order valence-electron chi connectivity index (χ1n) is 9.46. The molecule has 3 aromatic rings. The van der Waals surface area contributed by atoms with Gasteiger partial charge in [0, 0.05) is 25.7 Å². The lowest BCUT2D eigenvalue weighted by atomic mass is 10.1. The van der Waals surface area contributed by atoms with Crippen molar-refractivity contribution < 1.29 is 0 Å². The highest BCUT2D eigenvalue weighted by atomic mass is 15.2. The third-order valence-electron chi connectivity index (χ3n) is 5.08. The van der Waals surface area contributed by atoms with E-state index in [1.165, 1.54) is 25.7 Å². The molecule has 0 bridgehead atoms. The number of anilines is 1. The second-order valence-electron chi connectivity index (χ2n) is 6.90. The van der Waals surface area contributed by atoms with Crippen molar-refractivity contribution in [3.05, 3.63) is 48.0 Å². The molecule has 27 heavy (non-hydrogen) atoms. The molecule has 0 unspecified atom stereocenters. The zero-order valence-corrected chi connectivity index (χ0v) is 15.2. The van der Waals surface area contributed by atoms with Crippen LogP contribution in [0.1, 0.15) is 42.9 Å². The Bertz CT molecular complexity index is 933. The van der Waals surface area contributed by atoms with Crippen molar-refractivity contribution in [1.29, 1.82) is 5.26 Å². The maximum absolute atomic E-state index is 8.83. The fraction of sp³-hybridized carbons (Fsp3) is 0.400. The van der Waals surface area contributed by atoms with E-state index in [2.05, 4.69) is 36.2 Å². The van der Waals surface area contributed by atoms with Crippen LogP contribution in [0.3, 0.4) is 0 Å². The summed E-state index contributed by atoms with van der Waals surface area (Å²) in [5.74, 6) is 0.789. The zero-order valence-electron chi connectivity index (χ0n) is 15.2. The molecule has 1 aliphatic carbocycles. The molecule has 0 aliphatic heterocycles. The quantitative estimate of drug-likeness (QED) is 0.629. The maximum atomic E-state index is 8.83. The SMILES string of the molecule is N#Cc1ccc(CNCCNc2ncnc3c2ncn3C2CCCC2)cc1. The Morgan fingerprint density at radius 2 is 1.89 bits per heavy atom. The molecule has 1 aliphatic rings. The van der Waals surface area contributed by atoms with Gasteiger partial charge in [0.2, 0.25) is 0 Å². The van der Waals surface area contributed by atoms with E-state index in [4.69, 9.17) is 5.26 Å². The minimum Gasteiger partial charge on any atom is -0.367 e. The molecule has 2 heterocycles. The number of nitrogens with zero attached hydrogens (tertiary/aromatic N) is 5. The molecule has 0 atom stereocenters. The van der Waals surface area contributed by atoms with Crippen molar-refractivity contribution in [2.45, 2.75) is 38.3 Å². The minimum absolute atomic E-state index is 0.520. The van der Waals surface area contributed by atoms with Crippen molar-refractivity contribution in [2.24, 2.45) is 0 Å². The number of rotatable bonds is 7. The summed E-state index contributed by atoms with van der Waals surface area (Å²) in [4.78, 5) is 13.4. The largest absolute Gasteiger partial charge is 0.367 e. The van der Waals surface area contributed by atoms with E-state index in [-0.39, 0.29) is 0 Å². The summed E-state index contributed by atoms with van der Waals surface area (Å²) in [5.41, 5.74) is 3.61.